The van der Waals surface area contributed by atoms with Crippen LogP contribution in [0.25, 0.3) is 0 Å². The van der Waals surface area contributed by atoms with Gasteiger partial charge in [0.15, 0.2) is 0 Å². The zero-order chi connectivity index (χ0) is 11.6. The van der Waals surface area contributed by atoms with Crippen molar-refractivity contribution in [3.63, 3.8) is 0 Å². The number of furan rings is 1. The van der Waals surface area contributed by atoms with E-state index in [9.17, 15) is 0 Å². The summed E-state index contributed by atoms with van der Waals surface area (Å²) in [6.45, 7) is 5.74. The molecule has 0 saturated heterocycles. The quantitative estimate of drug-likeness (QED) is 0.655. The summed E-state index contributed by atoms with van der Waals surface area (Å²) in [5, 5.41) is 3.31. The molecule has 0 radical (unpaired) electrons. The summed E-state index contributed by atoms with van der Waals surface area (Å²) in [6.07, 6.45) is 2.83. The average molecular weight is 227 g/mol. The second-order valence-corrected chi connectivity index (χ2v) is 3.59. The van der Waals surface area contributed by atoms with Crippen LogP contribution in [0.2, 0.25) is 0 Å². The summed E-state index contributed by atoms with van der Waals surface area (Å²) in [4.78, 5) is 0. The molecule has 1 rings (SSSR count). The zero-order valence-corrected chi connectivity index (χ0v) is 10.1. The van der Waals surface area contributed by atoms with Gasteiger partial charge in [0.05, 0.1) is 32.6 Å². The molecule has 0 spiro atoms. The molecule has 0 aromatic carbocycles. The van der Waals surface area contributed by atoms with Crippen molar-refractivity contribution in [1.82, 2.24) is 5.32 Å². The van der Waals surface area contributed by atoms with Crippen LogP contribution in [0.5, 0.6) is 0 Å². The number of hydrogen-bond acceptors (Lipinski definition) is 4. The Hall–Kier alpha value is -0.840. The van der Waals surface area contributed by atoms with E-state index in [1.165, 1.54) is 0 Å². The second kappa shape index (κ2) is 8.33. The van der Waals surface area contributed by atoms with Gasteiger partial charge in [-0.05, 0) is 19.0 Å². The molecule has 0 aliphatic carbocycles. The normalized spacial score (nSPS) is 10.9. The third-order valence-electron chi connectivity index (χ3n) is 2.24. The van der Waals surface area contributed by atoms with E-state index < -0.39 is 0 Å². The van der Waals surface area contributed by atoms with Crippen LogP contribution in [0, 0.1) is 0 Å². The number of hydrogen-bond donors (Lipinski definition) is 1. The van der Waals surface area contributed by atoms with Gasteiger partial charge in [0.25, 0.3) is 0 Å². The number of rotatable bonds is 9. The Morgan fingerprint density at radius 1 is 1.38 bits per heavy atom. The maximum absolute atomic E-state index is 5.45. The number of ether oxygens (including phenoxy) is 2. The van der Waals surface area contributed by atoms with Gasteiger partial charge in [0.1, 0.15) is 5.76 Å². The van der Waals surface area contributed by atoms with Crippen LogP contribution in [-0.4, -0.2) is 26.9 Å². The molecule has 0 aliphatic rings. The van der Waals surface area contributed by atoms with Crippen molar-refractivity contribution in [3.8, 4) is 0 Å². The summed E-state index contributed by atoms with van der Waals surface area (Å²) in [7, 11) is 1.67. The third-order valence-corrected chi connectivity index (χ3v) is 2.24. The van der Waals surface area contributed by atoms with E-state index in [1.54, 1.807) is 13.4 Å². The van der Waals surface area contributed by atoms with Crippen molar-refractivity contribution in [2.24, 2.45) is 0 Å². The fraction of sp³-hybridized carbons (Fsp3) is 0.667. The van der Waals surface area contributed by atoms with Crippen LogP contribution in [0.3, 0.4) is 0 Å². The van der Waals surface area contributed by atoms with Crippen molar-refractivity contribution in [2.75, 3.05) is 26.9 Å². The number of nitrogens with one attached hydrogen (secondary N) is 1. The lowest BCUT2D eigenvalue weighted by Crippen LogP contribution is -2.14. The van der Waals surface area contributed by atoms with Crippen molar-refractivity contribution >= 4 is 0 Å². The molecule has 1 N–H and O–H groups in total. The molecule has 0 fully saturated rings. The van der Waals surface area contributed by atoms with E-state index in [0.717, 1.165) is 30.8 Å². The molecule has 1 aromatic rings. The molecule has 0 saturated carbocycles. The van der Waals surface area contributed by atoms with Gasteiger partial charge in [-0.3, -0.25) is 0 Å². The molecule has 4 nitrogen and oxygen atoms in total. The summed E-state index contributed by atoms with van der Waals surface area (Å²) >= 11 is 0. The molecular formula is C12H21NO3. The summed E-state index contributed by atoms with van der Waals surface area (Å²) in [5.74, 6) is 0.964. The highest BCUT2D eigenvalue weighted by Gasteiger charge is 2.05. The van der Waals surface area contributed by atoms with Gasteiger partial charge in [-0.25, -0.2) is 0 Å². The average Bonchev–Trinajstić information content (AvgIpc) is 2.73. The molecule has 92 valence electrons. The fourth-order valence-corrected chi connectivity index (χ4v) is 1.35. The Bertz CT molecular complexity index is 273. The molecule has 4 heteroatoms. The van der Waals surface area contributed by atoms with Gasteiger partial charge in [-0.1, -0.05) is 6.92 Å². The van der Waals surface area contributed by atoms with Crippen molar-refractivity contribution in [1.29, 1.82) is 0 Å². The van der Waals surface area contributed by atoms with Crippen LogP contribution in [-0.2, 0) is 22.6 Å². The van der Waals surface area contributed by atoms with Gasteiger partial charge in [0.2, 0.25) is 0 Å². The first kappa shape index (κ1) is 13.2. The van der Waals surface area contributed by atoms with Gasteiger partial charge >= 0.3 is 0 Å². The first-order valence-electron chi connectivity index (χ1n) is 5.71. The summed E-state index contributed by atoms with van der Waals surface area (Å²) in [5.41, 5.74) is 1.11. The van der Waals surface area contributed by atoms with Gasteiger partial charge in [0, 0.05) is 12.7 Å². The lowest BCUT2D eigenvalue weighted by Gasteiger charge is -2.05. The largest absolute Gasteiger partial charge is 0.468 e. The third kappa shape index (κ3) is 4.79. The highest BCUT2D eigenvalue weighted by Crippen LogP contribution is 2.11. The van der Waals surface area contributed by atoms with Gasteiger partial charge in [-0.2, -0.15) is 0 Å². The van der Waals surface area contributed by atoms with E-state index >= 15 is 0 Å². The van der Waals surface area contributed by atoms with Crippen molar-refractivity contribution < 1.29 is 13.9 Å². The minimum Gasteiger partial charge on any atom is -0.468 e. The summed E-state index contributed by atoms with van der Waals surface area (Å²) in [6, 6.07) is 1.95. The SMILES string of the molecule is CCCNCc1occc1COCCOC. The molecule has 0 atom stereocenters. The first-order valence-corrected chi connectivity index (χ1v) is 5.71. The molecule has 0 aliphatic heterocycles. The fourth-order valence-electron chi connectivity index (χ4n) is 1.35. The topological polar surface area (TPSA) is 43.6 Å². The first-order chi connectivity index (χ1) is 7.88. The number of methoxy groups -OCH3 is 1. The Morgan fingerprint density at radius 3 is 3.00 bits per heavy atom. The van der Waals surface area contributed by atoms with Crippen LogP contribution < -0.4 is 5.32 Å². The second-order valence-electron chi connectivity index (χ2n) is 3.59. The van der Waals surface area contributed by atoms with Crippen molar-refractivity contribution in [3.05, 3.63) is 23.7 Å². The maximum Gasteiger partial charge on any atom is 0.123 e. The maximum atomic E-state index is 5.45. The van der Waals surface area contributed by atoms with E-state index in [0.29, 0.717) is 19.8 Å². The molecule has 0 bridgehead atoms. The Morgan fingerprint density at radius 2 is 2.25 bits per heavy atom. The van der Waals surface area contributed by atoms with Gasteiger partial charge < -0.3 is 19.2 Å². The van der Waals surface area contributed by atoms with Crippen LogP contribution in [0.15, 0.2) is 16.7 Å². The highest BCUT2D eigenvalue weighted by molar-refractivity contribution is 5.15. The smallest absolute Gasteiger partial charge is 0.123 e. The van der Waals surface area contributed by atoms with E-state index in [4.69, 9.17) is 13.9 Å². The zero-order valence-electron chi connectivity index (χ0n) is 10.1. The van der Waals surface area contributed by atoms with Crippen LogP contribution in [0.1, 0.15) is 24.7 Å². The molecular weight excluding hydrogens is 206 g/mol. The molecule has 0 amide bonds. The Balaban J connectivity index is 2.26. The van der Waals surface area contributed by atoms with E-state index in [-0.39, 0.29) is 0 Å². The van der Waals surface area contributed by atoms with Crippen LogP contribution in [0.4, 0.5) is 0 Å². The molecule has 0 unspecified atom stereocenters. The highest BCUT2D eigenvalue weighted by atomic mass is 16.5. The standard InChI is InChI=1S/C12H21NO3/c1-3-5-13-9-12-11(4-6-16-12)10-15-8-7-14-2/h4,6,13H,3,5,7-10H2,1-2H3. The summed E-state index contributed by atoms with van der Waals surface area (Å²) < 4.78 is 15.8. The van der Waals surface area contributed by atoms with E-state index in [2.05, 4.69) is 12.2 Å². The van der Waals surface area contributed by atoms with Crippen LogP contribution >= 0.6 is 0 Å². The predicted molar refractivity (Wildman–Crippen MR) is 62.2 cm³/mol. The molecule has 16 heavy (non-hydrogen) atoms. The molecule has 1 aromatic heterocycles. The minimum absolute atomic E-state index is 0.586. The Labute approximate surface area is 96.9 Å². The van der Waals surface area contributed by atoms with Crippen molar-refractivity contribution in [2.45, 2.75) is 26.5 Å². The van der Waals surface area contributed by atoms with Gasteiger partial charge in [-0.15, -0.1) is 0 Å². The minimum atomic E-state index is 0.586. The predicted octanol–water partition coefficient (Wildman–Crippen LogP) is 1.94. The van der Waals surface area contributed by atoms with E-state index in [1.807, 2.05) is 6.07 Å². The lowest BCUT2D eigenvalue weighted by atomic mass is 10.2. The monoisotopic (exact) mass is 227 g/mol. The Kier molecular flexibility index (Phi) is 6.88. The molecule has 1 heterocycles. The lowest BCUT2D eigenvalue weighted by molar-refractivity contribution is 0.0610.